The van der Waals surface area contributed by atoms with Crippen molar-refractivity contribution in [3.8, 4) is 0 Å². The number of alkyl halides is 1. The summed E-state index contributed by atoms with van der Waals surface area (Å²) in [5.41, 5.74) is 1.78. The highest BCUT2D eigenvalue weighted by Crippen LogP contribution is 2.18. The van der Waals surface area contributed by atoms with Gasteiger partial charge >= 0.3 is 0 Å². The van der Waals surface area contributed by atoms with Gasteiger partial charge in [-0.1, -0.05) is 34.5 Å². The molecule has 2 unspecified atom stereocenters. The van der Waals surface area contributed by atoms with E-state index in [1.165, 1.54) is 0 Å². The first-order valence-electron chi connectivity index (χ1n) is 5.61. The van der Waals surface area contributed by atoms with Crippen LogP contribution in [-0.2, 0) is 0 Å². The van der Waals surface area contributed by atoms with Gasteiger partial charge in [0.25, 0.3) is 5.91 Å². The van der Waals surface area contributed by atoms with Crippen LogP contribution in [0.1, 0.15) is 36.2 Å². The number of hydrogen-bond acceptors (Lipinski definition) is 1. The van der Waals surface area contributed by atoms with Gasteiger partial charge in [-0.2, -0.15) is 0 Å². The first-order valence-corrected chi connectivity index (χ1v) is 7.32. The molecule has 0 saturated heterocycles. The van der Waals surface area contributed by atoms with Crippen LogP contribution in [0.25, 0.3) is 0 Å². The largest absolute Gasteiger partial charge is 0.350 e. The Morgan fingerprint density at radius 3 is 2.65 bits per heavy atom. The maximum Gasteiger partial charge on any atom is 0.252 e. The highest BCUT2D eigenvalue weighted by Gasteiger charge is 2.14. The molecule has 4 heteroatoms. The second-order valence-corrected chi connectivity index (χ2v) is 6.79. The zero-order valence-corrected chi connectivity index (χ0v) is 13.4. The predicted molar refractivity (Wildman–Crippen MR) is 78.8 cm³/mol. The Hall–Kier alpha value is -0.350. The van der Waals surface area contributed by atoms with Gasteiger partial charge in [-0.25, -0.2) is 0 Å². The number of carbonyl (C=O) groups excluding carboxylic acids is 1. The highest BCUT2D eigenvalue weighted by atomic mass is 79.9. The quantitative estimate of drug-likeness (QED) is 0.804. The van der Waals surface area contributed by atoms with Gasteiger partial charge in [0, 0.05) is 15.3 Å². The van der Waals surface area contributed by atoms with E-state index in [0.717, 1.165) is 16.5 Å². The zero-order valence-electron chi connectivity index (χ0n) is 10.3. The Morgan fingerprint density at radius 1 is 1.41 bits per heavy atom. The second kappa shape index (κ2) is 6.55. The van der Waals surface area contributed by atoms with Gasteiger partial charge in [-0.15, -0.1) is 0 Å². The Balaban J connectivity index is 2.73. The lowest BCUT2D eigenvalue weighted by Gasteiger charge is -2.16. The maximum absolute atomic E-state index is 12.1. The van der Waals surface area contributed by atoms with Crippen molar-refractivity contribution in [1.29, 1.82) is 0 Å². The van der Waals surface area contributed by atoms with E-state index in [0.29, 0.717) is 10.4 Å². The smallest absolute Gasteiger partial charge is 0.252 e. The molecule has 0 saturated carbocycles. The van der Waals surface area contributed by atoms with E-state index in [9.17, 15) is 4.79 Å². The minimum atomic E-state index is -0.0266. The number of amides is 1. The lowest BCUT2D eigenvalue weighted by atomic mass is 10.1. The molecule has 0 aliphatic carbocycles. The molecule has 2 nitrogen and oxygen atoms in total. The molecule has 0 heterocycles. The van der Waals surface area contributed by atoms with Crippen LogP contribution in [0, 0.1) is 6.92 Å². The summed E-state index contributed by atoms with van der Waals surface area (Å²) in [7, 11) is 0. The third-order valence-corrected chi connectivity index (χ3v) is 3.49. The van der Waals surface area contributed by atoms with Gasteiger partial charge in [-0.05, 0) is 48.3 Å². The van der Waals surface area contributed by atoms with Crippen molar-refractivity contribution in [2.45, 2.75) is 38.1 Å². The number of benzene rings is 1. The third kappa shape index (κ3) is 4.80. The van der Waals surface area contributed by atoms with Crippen LogP contribution < -0.4 is 5.32 Å². The van der Waals surface area contributed by atoms with E-state index < -0.39 is 0 Å². The molecule has 0 fully saturated rings. The predicted octanol–water partition coefficient (Wildman–Crippen LogP) is 4.05. The molecule has 94 valence electrons. The van der Waals surface area contributed by atoms with E-state index in [1.54, 1.807) is 0 Å². The minimum absolute atomic E-state index is 0.0266. The van der Waals surface area contributed by atoms with E-state index in [-0.39, 0.29) is 11.9 Å². The molecule has 0 spiro atoms. The van der Waals surface area contributed by atoms with E-state index in [1.807, 2.05) is 32.0 Å². The number of halogens is 2. The Kier molecular flexibility index (Phi) is 5.67. The van der Waals surface area contributed by atoms with Gasteiger partial charge in [-0.3, -0.25) is 4.79 Å². The number of aryl methyl sites for hydroxylation is 1. The Bertz CT molecular complexity index is 404. The van der Waals surface area contributed by atoms with Crippen LogP contribution in [0.3, 0.4) is 0 Å². The minimum Gasteiger partial charge on any atom is -0.350 e. The summed E-state index contributed by atoms with van der Waals surface area (Å²) in [5, 5.41) is 3.00. The SMILES string of the molecule is Cc1ccc(Br)c(C(=O)NC(C)CC(C)Br)c1. The first-order chi connectivity index (χ1) is 7.90. The lowest BCUT2D eigenvalue weighted by Crippen LogP contribution is -2.34. The van der Waals surface area contributed by atoms with Crippen molar-refractivity contribution in [3.63, 3.8) is 0 Å². The van der Waals surface area contributed by atoms with Crippen molar-refractivity contribution in [3.05, 3.63) is 33.8 Å². The fourth-order valence-corrected chi connectivity index (χ4v) is 2.65. The monoisotopic (exact) mass is 361 g/mol. The van der Waals surface area contributed by atoms with Crippen LogP contribution >= 0.6 is 31.9 Å². The van der Waals surface area contributed by atoms with Crippen molar-refractivity contribution < 1.29 is 4.79 Å². The maximum atomic E-state index is 12.1. The standard InChI is InChI=1S/C13H17Br2NO/c1-8-4-5-12(15)11(6-8)13(17)16-10(3)7-9(2)14/h4-6,9-10H,7H2,1-3H3,(H,16,17). The third-order valence-electron chi connectivity index (χ3n) is 2.42. The van der Waals surface area contributed by atoms with Crippen molar-refractivity contribution >= 4 is 37.8 Å². The summed E-state index contributed by atoms with van der Waals surface area (Å²) in [6.45, 7) is 6.07. The molecule has 0 radical (unpaired) electrons. The summed E-state index contributed by atoms with van der Waals surface area (Å²) in [5.74, 6) is -0.0266. The molecule has 0 bridgehead atoms. The molecule has 0 aliphatic rings. The Labute approximate surface area is 119 Å². The van der Waals surface area contributed by atoms with E-state index >= 15 is 0 Å². The second-order valence-electron chi connectivity index (χ2n) is 4.37. The summed E-state index contributed by atoms with van der Waals surface area (Å²) >= 11 is 6.89. The van der Waals surface area contributed by atoms with E-state index in [2.05, 4.69) is 44.1 Å². The van der Waals surface area contributed by atoms with Gasteiger partial charge < -0.3 is 5.32 Å². The molecule has 1 aromatic carbocycles. The van der Waals surface area contributed by atoms with Crippen LogP contribution in [0.5, 0.6) is 0 Å². The summed E-state index contributed by atoms with van der Waals surface area (Å²) in [6.07, 6.45) is 0.912. The molecule has 0 aliphatic heterocycles. The van der Waals surface area contributed by atoms with Crippen LogP contribution in [0.4, 0.5) is 0 Å². The average molecular weight is 363 g/mol. The molecule has 1 aromatic rings. The summed E-state index contributed by atoms with van der Waals surface area (Å²) in [6, 6.07) is 5.93. The topological polar surface area (TPSA) is 29.1 Å². The molecule has 2 atom stereocenters. The average Bonchev–Trinajstić information content (AvgIpc) is 2.20. The molecule has 17 heavy (non-hydrogen) atoms. The fraction of sp³-hybridized carbons (Fsp3) is 0.462. The van der Waals surface area contributed by atoms with Gasteiger partial charge in [0.2, 0.25) is 0 Å². The van der Waals surface area contributed by atoms with Crippen LogP contribution in [0.15, 0.2) is 22.7 Å². The first kappa shape index (κ1) is 14.7. The number of rotatable bonds is 4. The van der Waals surface area contributed by atoms with Crippen molar-refractivity contribution in [2.24, 2.45) is 0 Å². The van der Waals surface area contributed by atoms with Gasteiger partial charge in [0.1, 0.15) is 0 Å². The van der Waals surface area contributed by atoms with Gasteiger partial charge in [0.15, 0.2) is 0 Å². The number of carbonyl (C=O) groups is 1. The molecule has 0 aromatic heterocycles. The highest BCUT2D eigenvalue weighted by molar-refractivity contribution is 9.10. The molecular formula is C13H17Br2NO. The Morgan fingerprint density at radius 2 is 2.06 bits per heavy atom. The molecular weight excluding hydrogens is 346 g/mol. The van der Waals surface area contributed by atoms with Crippen molar-refractivity contribution in [1.82, 2.24) is 5.32 Å². The number of nitrogens with one attached hydrogen (secondary N) is 1. The number of hydrogen-bond donors (Lipinski definition) is 1. The normalized spacial score (nSPS) is 14.2. The zero-order chi connectivity index (χ0) is 13.0. The fourth-order valence-electron chi connectivity index (χ4n) is 1.66. The molecule has 1 amide bonds. The van der Waals surface area contributed by atoms with E-state index in [4.69, 9.17) is 0 Å². The summed E-state index contributed by atoms with van der Waals surface area (Å²) in [4.78, 5) is 12.5. The van der Waals surface area contributed by atoms with Crippen molar-refractivity contribution in [2.75, 3.05) is 0 Å². The molecule has 1 N–H and O–H groups in total. The summed E-state index contributed by atoms with van der Waals surface area (Å²) < 4.78 is 0.833. The van der Waals surface area contributed by atoms with Gasteiger partial charge in [0.05, 0.1) is 5.56 Å². The van der Waals surface area contributed by atoms with Crippen LogP contribution in [-0.4, -0.2) is 16.8 Å². The van der Waals surface area contributed by atoms with Crippen LogP contribution in [0.2, 0.25) is 0 Å². The lowest BCUT2D eigenvalue weighted by molar-refractivity contribution is 0.0938. The molecule has 1 rings (SSSR count).